The minimum atomic E-state index is -0.0417. The zero-order valence-electron chi connectivity index (χ0n) is 13.7. The Morgan fingerprint density at radius 2 is 1.80 bits per heavy atom. The highest BCUT2D eigenvalue weighted by Crippen LogP contribution is 2.18. The van der Waals surface area contributed by atoms with Crippen LogP contribution in [0.4, 0.5) is 10.7 Å². The Bertz CT molecular complexity index is 872. The maximum Gasteiger partial charge on any atom is 0.317 e. The van der Waals surface area contributed by atoms with Gasteiger partial charge in [-0.2, -0.15) is 0 Å². The van der Waals surface area contributed by atoms with Crippen molar-refractivity contribution in [2.45, 2.75) is 12.6 Å². The number of carbonyl (C=O) groups is 1. The van der Waals surface area contributed by atoms with Crippen LogP contribution in [0.1, 0.15) is 5.56 Å². The Morgan fingerprint density at radius 1 is 1.04 bits per heavy atom. The molecular formula is C19H19N5O. The number of hydrogen-bond acceptors (Lipinski definition) is 4. The molecule has 0 radical (unpaired) electrons. The van der Waals surface area contributed by atoms with E-state index in [0.29, 0.717) is 25.6 Å². The number of amides is 2. The number of aromatic nitrogens is 2. The maximum atomic E-state index is 12.3. The van der Waals surface area contributed by atoms with Crippen LogP contribution in [-0.2, 0) is 6.54 Å². The number of fused-ring (bicyclic) bond motifs is 1. The third-order valence-electron chi connectivity index (χ3n) is 4.38. The Kier molecular flexibility index (Phi) is 4.16. The molecule has 2 aromatic carbocycles. The average molecular weight is 333 g/mol. The Morgan fingerprint density at radius 3 is 2.64 bits per heavy atom. The van der Waals surface area contributed by atoms with E-state index >= 15 is 0 Å². The van der Waals surface area contributed by atoms with Gasteiger partial charge in [-0.05, 0) is 22.4 Å². The van der Waals surface area contributed by atoms with Crippen molar-refractivity contribution in [2.75, 3.05) is 18.4 Å². The van der Waals surface area contributed by atoms with Gasteiger partial charge in [-0.15, -0.1) is 0 Å². The van der Waals surface area contributed by atoms with Crippen molar-refractivity contribution in [3.63, 3.8) is 0 Å². The highest BCUT2D eigenvalue weighted by atomic mass is 16.2. The molecule has 0 spiro atoms. The zero-order valence-corrected chi connectivity index (χ0v) is 13.7. The summed E-state index contributed by atoms with van der Waals surface area (Å²) in [5, 5.41) is 8.58. The first-order valence-corrected chi connectivity index (χ1v) is 8.32. The van der Waals surface area contributed by atoms with Gasteiger partial charge >= 0.3 is 6.03 Å². The minimum absolute atomic E-state index is 0.0417. The molecule has 2 heterocycles. The highest BCUT2D eigenvalue weighted by molar-refractivity contribution is 5.86. The molecule has 0 bridgehead atoms. The average Bonchev–Trinajstić information content (AvgIpc) is 2.63. The summed E-state index contributed by atoms with van der Waals surface area (Å²) in [6, 6.07) is 16.3. The molecule has 6 nitrogen and oxygen atoms in total. The van der Waals surface area contributed by atoms with Crippen LogP contribution in [-0.4, -0.2) is 40.0 Å². The van der Waals surface area contributed by atoms with E-state index in [1.807, 2.05) is 18.2 Å². The molecule has 3 aromatic rings. The summed E-state index contributed by atoms with van der Waals surface area (Å²) in [6.07, 6.45) is 3.39. The molecule has 2 N–H and O–H groups in total. The second-order valence-corrected chi connectivity index (χ2v) is 6.12. The molecule has 25 heavy (non-hydrogen) atoms. The van der Waals surface area contributed by atoms with Crippen LogP contribution in [0, 0.1) is 0 Å². The van der Waals surface area contributed by atoms with Gasteiger partial charge in [0.2, 0.25) is 5.95 Å². The monoisotopic (exact) mass is 333 g/mol. The molecule has 0 saturated carbocycles. The van der Waals surface area contributed by atoms with Gasteiger partial charge < -0.3 is 15.5 Å². The van der Waals surface area contributed by atoms with Crippen LogP contribution in [0.25, 0.3) is 10.8 Å². The Balaban J connectivity index is 1.30. The van der Waals surface area contributed by atoms with Crippen LogP contribution >= 0.6 is 0 Å². The van der Waals surface area contributed by atoms with Crippen molar-refractivity contribution < 1.29 is 4.79 Å². The molecule has 126 valence electrons. The molecule has 1 aromatic heterocycles. The molecule has 6 heteroatoms. The zero-order chi connectivity index (χ0) is 17.1. The van der Waals surface area contributed by atoms with Gasteiger partial charge in [0.05, 0.1) is 6.04 Å². The lowest BCUT2D eigenvalue weighted by atomic mass is 10.0. The molecular weight excluding hydrogens is 314 g/mol. The van der Waals surface area contributed by atoms with Gasteiger partial charge in [-0.25, -0.2) is 14.8 Å². The number of nitrogens with zero attached hydrogens (tertiary/aromatic N) is 3. The van der Waals surface area contributed by atoms with Crippen molar-refractivity contribution in [2.24, 2.45) is 0 Å². The lowest BCUT2D eigenvalue weighted by Gasteiger charge is -2.39. The van der Waals surface area contributed by atoms with Crippen molar-refractivity contribution in [1.29, 1.82) is 0 Å². The standard InChI is InChI=1S/C19H19N5O/c25-19(24-12-16(13-24)23-18-20-9-4-10-21-18)22-11-15-7-3-6-14-5-1-2-8-17(14)15/h1-10,16H,11-13H2,(H,22,25)(H,20,21,23). The molecule has 1 aliphatic rings. The van der Waals surface area contributed by atoms with Gasteiger partial charge in [0.25, 0.3) is 0 Å². The van der Waals surface area contributed by atoms with E-state index in [4.69, 9.17) is 0 Å². The van der Waals surface area contributed by atoms with Crippen LogP contribution in [0.3, 0.4) is 0 Å². The molecule has 0 aliphatic carbocycles. The fourth-order valence-corrected chi connectivity index (χ4v) is 3.02. The molecule has 2 amide bonds. The van der Waals surface area contributed by atoms with Gasteiger partial charge in [-0.1, -0.05) is 42.5 Å². The molecule has 0 unspecified atom stereocenters. The number of nitrogens with one attached hydrogen (secondary N) is 2. The lowest BCUT2D eigenvalue weighted by molar-refractivity contribution is 0.158. The van der Waals surface area contributed by atoms with Crippen molar-refractivity contribution in [3.05, 3.63) is 66.5 Å². The van der Waals surface area contributed by atoms with Gasteiger partial charge in [0, 0.05) is 32.0 Å². The van der Waals surface area contributed by atoms with E-state index in [0.717, 1.165) is 5.56 Å². The number of rotatable bonds is 4. The molecule has 1 fully saturated rings. The molecule has 1 saturated heterocycles. The lowest BCUT2D eigenvalue weighted by Crippen LogP contribution is -2.59. The fourth-order valence-electron chi connectivity index (χ4n) is 3.02. The fraction of sp³-hybridized carbons (Fsp3) is 0.211. The Labute approximate surface area is 145 Å². The first-order valence-electron chi connectivity index (χ1n) is 8.32. The number of anilines is 1. The topological polar surface area (TPSA) is 70.2 Å². The van der Waals surface area contributed by atoms with Gasteiger partial charge in [-0.3, -0.25) is 0 Å². The third-order valence-corrected chi connectivity index (χ3v) is 4.38. The predicted molar refractivity (Wildman–Crippen MR) is 97.2 cm³/mol. The van der Waals surface area contributed by atoms with E-state index < -0.39 is 0 Å². The quantitative estimate of drug-likeness (QED) is 0.770. The first-order chi connectivity index (χ1) is 12.3. The summed E-state index contributed by atoms with van der Waals surface area (Å²) >= 11 is 0. The number of benzene rings is 2. The van der Waals surface area contributed by atoms with E-state index in [1.54, 1.807) is 23.4 Å². The van der Waals surface area contributed by atoms with E-state index in [2.05, 4.69) is 44.9 Å². The second kappa shape index (κ2) is 6.76. The molecule has 1 aliphatic heterocycles. The van der Waals surface area contributed by atoms with Crippen LogP contribution in [0.2, 0.25) is 0 Å². The Hall–Kier alpha value is -3.15. The van der Waals surface area contributed by atoms with Crippen LogP contribution in [0.15, 0.2) is 60.9 Å². The van der Waals surface area contributed by atoms with Crippen molar-refractivity contribution in [3.8, 4) is 0 Å². The number of likely N-dealkylation sites (tertiary alicyclic amines) is 1. The van der Waals surface area contributed by atoms with Gasteiger partial charge in [0.15, 0.2) is 0 Å². The second-order valence-electron chi connectivity index (χ2n) is 6.12. The summed E-state index contributed by atoms with van der Waals surface area (Å²) < 4.78 is 0. The number of hydrogen-bond donors (Lipinski definition) is 2. The van der Waals surface area contributed by atoms with E-state index in [9.17, 15) is 4.79 Å². The minimum Gasteiger partial charge on any atom is -0.348 e. The van der Waals surface area contributed by atoms with Crippen molar-refractivity contribution >= 4 is 22.8 Å². The summed E-state index contributed by atoms with van der Waals surface area (Å²) in [6.45, 7) is 1.83. The first kappa shape index (κ1) is 15.4. The number of carbonyl (C=O) groups excluding carboxylic acids is 1. The smallest absolute Gasteiger partial charge is 0.317 e. The van der Waals surface area contributed by atoms with Crippen LogP contribution in [0.5, 0.6) is 0 Å². The summed E-state index contributed by atoms with van der Waals surface area (Å²) in [5.74, 6) is 0.600. The third kappa shape index (κ3) is 3.38. The molecule has 4 rings (SSSR count). The SMILES string of the molecule is O=C(NCc1cccc2ccccc12)N1CC(Nc2ncccn2)C1. The van der Waals surface area contributed by atoms with Gasteiger partial charge in [0.1, 0.15) is 0 Å². The summed E-state index contributed by atoms with van der Waals surface area (Å²) in [5.41, 5.74) is 1.12. The van der Waals surface area contributed by atoms with Crippen molar-refractivity contribution in [1.82, 2.24) is 20.2 Å². The highest BCUT2D eigenvalue weighted by Gasteiger charge is 2.30. The summed E-state index contributed by atoms with van der Waals surface area (Å²) in [7, 11) is 0. The predicted octanol–water partition coefficient (Wildman–Crippen LogP) is 2.64. The van der Waals surface area contributed by atoms with Crippen LogP contribution < -0.4 is 10.6 Å². The largest absolute Gasteiger partial charge is 0.348 e. The number of urea groups is 1. The normalized spacial score (nSPS) is 14.2. The van der Waals surface area contributed by atoms with E-state index in [-0.39, 0.29) is 12.1 Å². The maximum absolute atomic E-state index is 12.3. The molecule has 0 atom stereocenters. The van der Waals surface area contributed by atoms with E-state index in [1.165, 1.54) is 10.8 Å². The summed E-state index contributed by atoms with van der Waals surface area (Å²) in [4.78, 5) is 22.3.